The summed E-state index contributed by atoms with van der Waals surface area (Å²) in [6, 6.07) is 6.54. The normalized spacial score (nSPS) is 18.0. The van der Waals surface area contributed by atoms with E-state index in [0.29, 0.717) is 6.42 Å². The summed E-state index contributed by atoms with van der Waals surface area (Å²) in [5.74, 6) is -2.14. The van der Waals surface area contributed by atoms with Crippen LogP contribution < -0.4 is 5.32 Å². The zero-order valence-electron chi connectivity index (χ0n) is 14.7. The minimum Gasteiger partial charge on any atom is -0.451 e. The fraction of sp³-hybridized carbons (Fsp3) is 0.474. The molecule has 0 aromatic heterocycles. The minimum atomic E-state index is -0.918. The van der Waals surface area contributed by atoms with Crippen molar-refractivity contribution in [1.82, 2.24) is 10.2 Å². The molecule has 1 aromatic carbocycles. The molecule has 1 heterocycles. The quantitative estimate of drug-likeness (QED) is 0.617. The molecule has 1 aromatic rings. The van der Waals surface area contributed by atoms with Crippen LogP contribution >= 0.6 is 0 Å². The Labute approximate surface area is 151 Å². The van der Waals surface area contributed by atoms with E-state index in [1.165, 1.54) is 0 Å². The molecule has 1 aliphatic heterocycles. The summed E-state index contributed by atoms with van der Waals surface area (Å²) >= 11 is 0. The molecule has 3 rings (SSSR count). The molecule has 26 heavy (non-hydrogen) atoms. The van der Waals surface area contributed by atoms with E-state index in [-0.39, 0.29) is 23.1 Å². The highest BCUT2D eigenvalue weighted by atomic mass is 16.5. The molecular formula is C19H22N2O5. The van der Waals surface area contributed by atoms with E-state index in [1.807, 2.05) is 0 Å². The first-order chi connectivity index (χ1) is 12.5. The lowest BCUT2D eigenvalue weighted by molar-refractivity contribution is -0.156. The first-order valence-electron chi connectivity index (χ1n) is 8.96. The van der Waals surface area contributed by atoms with Crippen LogP contribution in [-0.4, -0.2) is 47.3 Å². The van der Waals surface area contributed by atoms with Crippen molar-refractivity contribution in [3.05, 3.63) is 35.4 Å². The number of nitrogens with one attached hydrogen (secondary N) is 1. The van der Waals surface area contributed by atoms with Gasteiger partial charge >= 0.3 is 5.97 Å². The number of amides is 3. The van der Waals surface area contributed by atoms with Crippen LogP contribution in [0.2, 0.25) is 0 Å². The predicted octanol–water partition coefficient (Wildman–Crippen LogP) is 1.66. The molecule has 1 fully saturated rings. The Bertz CT molecular complexity index is 704. The van der Waals surface area contributed by atoms with Crippen LogP contribution in [0.1, 0.15) is 59.7 Å². The SMILES string of the molecule is CC[C@H](OC(=O)CN1C(=O)c2ccccc2C1=O)C(=O)NC1CCCC1. The van der Waals surface area contributed by atoms with Gasteiger partial charge in [0.25, 0.3) is 17.7 Å². The molecule has 2 aliphatic rings. The van der Waals surface area contributed by atoms with Crippen molar-refractivity contribution in [3.8, 4) is 0 Å². The summed E-state index contributed by atoms with van der Waals surface area (Å²) < 4.78 is 5.23. The van der Waals surface area contributed by atoms with Gasteiger partial charge in [-0.3, -0.25) is 24.1 Å². The van der Waals surface area contributed by atoms with Crippen molar-refractivity contribution in [2.45, 2.75) is 51.2 Å². The van der Waals surface area contributed by atoms with Crippen LogP contribution in [0.25, 0.3) is 0 Å². The molecule has 7 heteroatoms. The van der Waals surface area contributed by atoms with Gasteiger partial charge in [-0.1, -0.05) is 31.9 Å². The monoisotopic (exact) mass is 358 g/mol. The Hall–Kier alpha value is -2.70. The maximum absolute atomic E-state index is 12.3. The number of carbonyl (C=O) groups is 4. The second kappa shape index (κ2) is 7.68. The van der Waals surface area contributed by atoms with Gasteiger partial charge in [-0.25, -0.2) is 0 Å². The lowest BCUT2D eigenvalue weighted by atomic mass is 10.1. The second-order valence-electron chi connectivity index (χ2n) is 6.62. The average molecular weight is 358 g/mol. The molecule has 1 N–H and O–H groups in total. The van der Waals surface area contributed by atoms with Crippen molar-refractivity contribution in [1.29, 1.82) is 0 Å². The maximum atomic E-state index is 12.3. The van der Waals surface area contributed by atoms with Crippen molar-refractivity contribution in [3.63, 3.8) is 0 Å². The van der Waals surface area contributed by atoms with Gasteiger partial charge < -0.3 is 10.1 Å². The number of carbonyl (C=O) groups excluding carboxylic acids is 4. The molecule has 1 saturated carbocycles. The van der Waals surface area contributed by atoms with Crippen molar-refractivity contribution >= 4 is 23.7 Å². The largest absolute Gasteiger partial charge is 0.451 e. The molecule has 0 unspecified atom stereocenters. The topological polar surface area (TPSA) is 92.8 Å². The van der Waals surface area contributed by atoms with Crippen molar-refractivity contribution < 1.29 is 23.9 Å². The van der Waals surface area contributed by atoms with E-state index in [2.05, 4.69) is 5.32 Å². The first kappa shape index (κ1) is 18.1. The van der Waals surface area contributed by atoms with E-state index in [0.717, 1.165) is 30.6 Å². The van der Waals surface area contributed by atoms with Gasteiger partial charge in [0, 0.05) is 6.04 Å². The molecule has 138 valence electrons. The van der Waals surface area contributed by atoms with Crippen LogP contribution in [-0.2, 0) is 14.3 Å². The van der Waals surface area contributed by atoms with Crippen LogP contribution in [0.15, 0.2) is 24.3 Å². The van der Waals surface area contributed by atoms with Gasteiger partial charge in [-0.05, 0) is 31.4 Å². The molecule has 7 nitrogen and oxygen atoms in total. The standard InChI is InChI=1S/C19H22N2O5/c1-2-15(17(23)20-12-7-3-4-8-12)26-16(22)11-21-18(24)13-9-5-6-10-14(13)19(21)25/h5-6,9-10,12,15H,2-4,7-8,11H2,1H3,(H,20,23)/t15-/m0/s1. The Morgan fingerprint density at radius 3 is 2.27 bits per heavy atom. The van der Waals surface area contributed by atoms with Crippen LogP contribution in [0.4, 0.5) is 0 Å². The summed E-state index contributed by atoms with van der Waals surface area (Å²) in [7, 11) is 0. The summed E-state index contributed by atoms with van der Waals surface area (Å²) in [6.45, 7) is 1.24. The van der Waals surface area contributed by atoms with Gasteiger partial charge in [-0.15, -0.1) is 0 Å². The van der Waals surface area contributed by atoms with Gasteiger partial charge in [0.2, 0.25) is 0 Å². The average Bonchev–Trinajstić information content (AvgIpc) is 3.23. The molecule has 0 spiro atoms. The Morgan fingerprint density at radius 1 is 1.15 bits per heavy atom. The number of benzene rings is 1. The Kier molecular flexibility index (Phi) is 5.35. The number of imide groups is 1. The Balaban J connectivity index is 1.58. The van der Waals surface area contributed by atoms with Gasteiger partial charge in [-0.2, -0.15) is 0 Å². The highest BCUT2D eigenvalue weighted by molar-refractivity contribution is 6.22. The fourth-order valence-electron chi connectivity index (χ4n) is 3.39. The number of nitrogens with zero attached hydrogens (tertiary/aromatic N) is 1. The molecule has 1 aliphatic carbocycles. The number of hydrogen-bond donors (Lipinski definition) is 1. The Morgan fingerprint density at radius 2 is 1.73 bits per heavy atom. The lowest BCUT2D eigenvalue weighted by Crippen LogP contribution is -2.44. The van der Waals surface area contributed by atoms with Crippen LogP contribution in [0, 0.1) is 0 Å². The van der Waals surface area contributed by atoms with Crippen molar-refractivity contribution in [2.75, 3.05) is 6.54 Å². The third kappa shape index (κ3) is 3.61. The molecule has 0 bridgehead atoms. The van der Waals surface area contributed by atoms with Crippen molar-refractivity contribution in [2.24, 2.45) is 0 Å². The molecule has 3 amide bonds. The number of esters is 1. The van der Waals surface area contributed by atoms with E-state index in [4.69, 9.17) is 4.74 Å². The molecule has 0 radical (unpaired) electrons. The van der Waals surface area contributed by atoms with Crippen LogP contribution in [0.5, 0.6) is 0 Å². The predicted molar refractivity (Wildman–Crippen MR) is 92.4 cm³/mol. The summed E-state index contributed by atoms with van der Waals surface area (Å²) in [4.78, 5) is 49.9. The molecule has 0 saturated heterocycles. The first-order valence-corrected chi connectivity index (χ1v) is 8.96. The second-order valence-corrected chi connectivity index (χ2v) is 6.62. The molecule has 1 atom stereocenters. The van der Waals surface area contributed by atoms with E-state index in [1.54, 1.807) is 31.2 Å². The van der Waals surface area contributed by atoms with E-state index in [9.17, 15) is 19.2 Å². The smallest absolute Gasteiger partial charge is 0.327 e. The van der Waals surface area contributed by atoms with Crippen LogP contribution in [0.3, 0.4) is 0 Å². The van der Waals surface area contributed by atoms with Gasteiger partial charge in [0.05, 0.1) is 11.1 Å². The number of rotatable bonds is 6. The number of fused-ring (bicyclic) bond motifs is 1. The van der Waals surface area contributed by atoms with E-state index >= 15 is 0 Å². The van der Waals surface area contributed by atoms with Gasteiger partial charge in [0.1, 0.15) is 6.54 Å². The summed E-state index contributed by atoms with van der Waals surface area (Å²) in [5, 5.41) is 2.90. The highest BCUT2D eigenvalue weighted by Crippen LogP contribution is 2.22. The maximum Gasteiger partial charge on any atom is 0.327 e. The number of ether oxygens (including phenoxy) is 1. The third-order valence-electron chi connectivity index (χ3n) is 4.80. The van der Waals surface area contributed by atoms with E-state index < -0.39 is 30.4 Å². The molecular weight excluding hydrogens is 336 g/mol. The highest BCUT2D eigenvalue weighted by Gasteiger charge is 2.37. The summed E-state index contributed by atoms with van der Waals surface area (Å²) in [6.07, 6.45) is 3.45. The van der Waals surface area contributed by atoms with Gasteiger partial charge in [0.15, 0.2) is 6.10 Å². The zero-order valence-corrected chi connectivity index (χ0v) is 14.7. The lowest BCUT2D eigenvalue weighted by Gasteiger charge is -2.20. The minimum absolute atomic E-state index is 0.131. The zero-order chi connectivity index (χ0) is 18.7. The fourth-order valence-corrected chi connectivity index (χ4v) is 3.39. The summed E-state index contributed by atoms with van der Waals surface area (Å²) in [5.41, 5.74) is 0.549. The number of hydrogen-bond acceptors (Lipinski definition) is 5. The third-order valence-corrected chi connectivity index (χ3v) is 4.80.